The summed E-state index contributed by atoms with van der Waals surface area (Å²) in [5, 5.41) is 16.6. The van der Waals surface area contributed by atoms with E-state index in [0.29, 0.717) is 36.8 Å². The molecule has 0 saturated heterocycles. The van der Waals surface area contributed by atoms with Gasteiger partial charge in [-0.15, -0.1) is 11.3 Å². The second-order valence-corrected chi connectivity index (χ2v) is 8.07. The Bertz CT molecular complexity index is 1060. The first-order valence-corrected chi connectivity index (χ1v) is 9.88. The van der Waals surface area contributed by atoms with E-state index in [-0.39, 0.29) is 16.3 Å². The Morgan fingerprint density at radius 2 is 1.59 bits per heavy atom. The molecule has 0 aliphatic heterocycles. The van der Waals surface area contributed by atoms with Gasteiger partial charge in [-0.1, -0.05) is 59.0 Å². The highest BCUT2D eigenvalue weighted by atomic mass is 35.5. The quantitative estimate of drug-likeness (QED) is 0.391. The number of carbonyl (C=O) groups excluding carboxylic acids is 1. The largest absolute Gasteiger partial charge is 0.508 e. The number of rotatable bonds is 4. The molecule has 3 aromatic rings. The molecule has 1 aromatic heterocycles. The van der Waals surface area contributed by atoms with Gasteiger partial charge >= 0.3 is 0 Å². The van der Waals surface area contributed by atoms with Crippen LogP contribution >= 0.6 is 57.7 Å². The van der Waals surface area contributed by atoms with Crippen molar-refractivity contribution in [3.63, 3.8) is 0 Å². The molecule has 138 valence electrons. The highest BCUT2D eigenvalue weighted by molar-refractivity contribution is 7.15. The normalized spacial score (nSPS) is 10.7. The van der Waals surface area contributed by atoms with Gasteiger partial charge in [0.05, 0.1) is 16.1 Å². The van der Waals surface area contributed by atoms with Gasteiger partial charge < -0.3 is 10.4 Å². The van der Waals surface area contributed by atoms with Gasteiger partial charge in [-0.2, -0.15) is 0 Å². The van der Waals surface area contributed by atoms with Crippen molar-refractivity contribution in [1.82, 2.24) is 0 Å². The zero-order valence-electron chi connectivity index (χ0n) is 13.5. The van der Waals surface area contributed by atoms with Gasteiger partial charge in [0, 0.05) is 31.6 Å². The summed E-state index contributed by atoms with van der Waals surface area (Å²) in [5.41, 5.74) is 1.93. The number of anilines is 1. The van der Waals surface area contributed by atoms with E-state index in [1.807, 2.05) is 0 Å². The average Bonchev–Trinajstić information content (AvgIpc) is 2.98. The number of aliphatic hydroxyl groups is 1. The van der Waals surface area contributed by atoms with Crippen LogP contribution in [0.1, 0.15) is 15.9 Å². The molecule has 0 unspecified atom stereocenters. The maximum absolute atomic E-state index is 12.6. The first kappa shape index (κ1) is 20.1. The lowest BCUT2D eigenvalue weighted by Gasteiger charge is -2.10. The number of aliphatic hydroxyl groups excluding tert-OH is 1. The fourth-order valence-electron chi connectivity index (χ4n) is 2.49. The third-order valence-corrected chi connectivity index (χ3v) is 5.69. The number of nitrogens with one attached hydrogen (secondary N) is 1. The molecular weight excluding hydrogens is 448 g/mol. The van der Waals surface area contributed by atoms with Crippen molar-refractivity contribution in [2.24, 2.45) is 0 Å². The van der Waals surface area contributed by atoms with Crippen LogP contribution in [0.4, 0.5) is 5.00 Å². The van der Waals surface area contributed by atoms with Gasteiger partial charge in [-0.25, -0.2) is 0 Å². The lowest BCUT2D eigenvalue weighted by molar-refractivity contribution is 0.102. The highest BCUT2D eigenvalue weighted by Gasteiger charge is 2.20. The fraction of sp³-hybridized carbons (Fsp3) is 0. The smallest absolute Gasteiger partial charge is 0.257 e. The van der Waals surface area contributed by atoms with Crippen LogP contribution in [0.25, 0.3) is 16.9 Å². The number of hydrogen-bond donors (Lipinski definition) is 2. The van der Waals surface area contributed by atoms with Gasteiger partial charge in [-0.3, -0.25) is 4.79 Å². The van der Waals surface area contributed by atoms with Crippen molar-refractivity contribution >= 4 is 74.4 Å². The Labute approximate surface area is 179 Å². The third kappa shape index (κ3) is 4.26. The average molecular weight is 459 g/mol. The van der Waals surface area contributed by atoms with E-state index < -0.39 is 5.91 Å². The van der Waals surface area contributed by atoms with Crippen molar-refractivity contribution in [2.75, 3.05) is 5.32 Å². The van der Waals surface area contributed by atoms with Crippen LogP contribution in [0.3, 0.4) is 0 Å². The van der Waals surface area contributed by atoms with Crippen LogP contribution in [0.2, 0.25) is 20.1 Å². The topological polar surface area (TPSA) is 49.3 Å². The van der Waals surface area contributed by atoms with Crippen molar-refractivity contribution in [2.45, 2.75) is 0 Å². The third-order valence-electron chi connectivity index (χ3n) is 3.70. The summed E-state index contributed by atoms with van der Waals surface area (Å²) >= 11 is 25.4. The summed E-state index contributed by atoms with van der Waals surface area (Å²) in [6.45, 7) is 3.60. The van der Waals surface area contributed by atoms with Gasteiger partial charge in [-0.05, 0) is 30.3 Å². The van der Waals surface area contributed by atoms with Crippen molar-refractivity contribution in [1.29, 1.82) is 0 Å². The molecule has 1 amide bonds. The van der Waals surface area contributed by atoms with Crippen LogP contribution < -0.4 is 5.32 Å². The number of carbonyl (C=O) groups is 1. The maximum atomic E-state index is 12.6. The lowest BCUT2D eigenvalue weighted by Crippen LogP contribution is -2.12. The van der Waals surface area contributed by atoms with Crippen LogP contribution in [0, 0.1) is 0 Å². The van der Waals surface area contributed by atoms with Crippen LogP contribution in [0.5, 0.6) is 0 Å². The van der Waals surface area contributed by atoms with E-state index in [2.05, 4.69) is 11.9 Å². The molecule has 0 fully saturated rings. The summed E-state index contributed by atoms with van der Waals surface area (Å²) in [5.74, 6) is -0.635. The summed E-state index contributed by atoms with van der Waals surface area (Å²) in [4.78, 5) is 12.6. The highest BCUT2D eigenvalue weighted by Crippen LogP contribution is 2.42. The Morgan fingerprint density at radius 1 is 0.963 bits per heavy atom. The van der Waals surface area contributed by atoms with E-state index in [1.165, 1.54) is 23.5 Å². The second-order valence-electron chi connectivity index (χ2n) is 5.50. The van der Waals surface area contributed by atoms with Crippen LogP contribution in [0.15, 0.2) is 48.4 Å². The number of hydrogen-bond acceptors (Lipinski definition) is 3. The van der Waals surface area contributed by atoms with Gasteiger partial charge in [0.15, 0.2) is 0 Å². The Balaban J connectivity index is 2.01. The molecule has 0 spiro atoms. The monoisotopic (exact) mass is 457 g/mol. The van der Waals surface area contributed by atoms with Crippen molar-refractivity contribution in [3.05, 3.63) is 79.6 Å². The summed E-state index contributed by atoms with van der Waals surface area (Å²) < 4.78 is 0. The summed E-state index contributed by atoms with van der Waals surface area (Å²) in [6, 6.07) is 9.61. The fourth-order valence-corrected chi connectivity index (χ4v) is 4.47. The minimum atomic E-state index is -0.435. The predicted octanol–water partition coefficient (Wildman–Crippen LogP) is 7.81. The first-order valence-electron chi connectivity index (χ1n) is 7.49. The summed E-state index contributed by atoms with van der Waals surface area (Å²) in [7, 11) is 0. The first-order chi connectivity index (χ1) is 12.8. The summed E-state index contributed by atoms with van der Waals surface area (Å²) in [6.07, 6.45) is 0. The number of benzene rings is 2. The minimum Gasteiger partial charge on any atom is -0.508 e. The molecule has 1 heterocycles. The molecule has 0 aliphatic rings. The molecule has 3 rings (SSSR count). The SMILES string of the molecule is C=C(O)c1c(-c2ccc(Cl)cc2Cl)csc1NC(=O)c1ccc(Cl)cc1Cl. The molecule has 0 saturated carbocycles. The van der Waals surface area contributed by atoms with Crippen molar-refractivity contribution < 1.29 is 9.90 Å². The van der Waals surface area contributed by atoms with Gasteiger partial charge in [0.1, 0.15) is 10.8 Å². The maximum Gasteiger partial charge on any atom is 0.257 e. The van der Waals surface area contributed by atoms with Crippen LogP contribution in [-0.2, 0) is 0 Å². The number of amides is 1. The lowest BCUT2D eigenvalue weighted by atomic mass is 10.0. The van der Waals surface area contributed by atoms with E-state index in [4.69, 9.17) is 46.4 Å². The Kier molecular flexibility index (Phi) is 6.04. The van der Waals surface area contributed by atoms with E-state index >= 15 is 0 Å². The van der Waals surface area contributed by atoms with Crippen LogP contribution in [-0.4, -0.2) is 11.0 Å². The molecule has 2 aromatic carbocycles. The van der Waals surface area contributed by atoms with Crippen molar-refractivity contribution in [3.8, 4) is 11.1 Å². The molecule has 8 heteroatoms. The van der Waals surface area contributed by atoms with E-state index in [9.17, 15) is 9.90 Å². The zero-order valence-corrected chi connectivity index (χ0v) is 17.4. The molecule has 0 bridgehead atoms. The van der Waals surface area contributed by atoms with Gasteiger partial charge in [0.2, 0.25) is 0 Å². The van der Waals surface area contributed by atoms with E-state index in [0.717, 1.165) is 0 Å². The zero-order chi connectivity index (χ0) is 19.7. The standard InChI is InChI=1S/C19H11Cl4NO2S/c1-9(25)17-14(12-4-2-10(20)6-15(12)22)8-27-19(17)24-18(26)13-5-3-11(21)7-16(13)23/h2-8,25H,1H2,(H,24,26). The molecule has 2 N–H and O–H groups in total. The predicted molar refractivity (Wildman–Crippen MR) is 116 cm³/mol. The molecule has 0 radical (unpaired) electrons. The van der Waals surface area contributed by atoms with Gasteiger partial charge in [0.25, 0.3) is 5.91 Å². The molecule has 3 nitrogen and oxygen atoms in total. The number of thiophene rings is 1. The molecule has 0 aliphatic carbocycles. The second kappa shape index (κ2) is 8.13. The number of halogens is 4. The Hall–Kier alpha value is -1.69. The molecule has 27 heavy (non-hydrogen) atoms. The molecular formula is C19H11Cl4NO2S. The molecule has 0 atom stereocenters. The van der Waals surface area contributed by atoms with E-state index in [1.54, 1.807) is 29.6 Å². The Morgan fingerprint density at radius 3 is 2.19 bits per heavy atom. The minimum absolute atomic E-state index is 0.199.